The Balaban J connectivity index is 3.77. The zero-order chi connectivity index (χ0) is 9.56. The maximum Gasteiger partial charge on any atom is 0.189 e. The summed E-state index contributed by atoms with van der Waals surface area (Å²) >= 11 is 0. The number of nitrogens with one attached hydrogen (secondary N) is 1. The summed E-state index contributed by atoms with van der Waals surface area (Å²) in [6.07, 6.45) is 2.04. The van der Waals surface area contributed by atoms with Gasteiger partial charge in [0.15, 0.2) is 5.96 Å². The number of nitrogens with two attached hydrogens (primary N) is 1. The average molecular weight is 169 g/mol. The number of guanidine groups is 1. The van der Waals surface area contributed by atoms with E-state index in [2.05, 4.69) is 10.3 Å². The van der Waals surface area contributed by atoms with Crippen molar-refractivity contribution in [3.05, 3.63) is 11.6 Å². The predicted octanol–water partition coefficient (Wildman–Crippen LogP) is 1.27. The summed E-state index contributed by atoms with van der Waals surface area (Å²) in [6, 6.07) is 0.348. The maximum atomic E-state index is 5.57. The smallest absolute Gasteiger partial charge is 0.189 e. The van der Waals surface area contributed by atoms with Crippen LogP contribution in [0.5, 0.6) is 0 Å². The van der Waals surface area contributed by atoms with Crippen LogP contribution in [0.2, 0.25) is 0 Å². The summed E-state index contributed by atoms with van der Waals surface area (Å²) in [5, 5.41) is 3.01. The van der Waals surface area contributed by atoms with Crippen molar-refractivity contribution in [1.82, 2.24) is 5.32 Å². The van der Waals surface area contributed by atoms with Crippen LogP contribution in [-0.4, -0.2) is 18.5 Å². The lowest BCUT2D eigenvalue weighted by molar-refractivity contribution is 0.726. The molecule has 0 aliphatic heterocycles. The van der Waals surface area contributed by atoms with Crippen LogP contribution in [-0.2, 0) is 0 Å². The highest BCUT2D eigenvalue weighted by Gasteiger charge is 1.92. The van der Waals surface area contributed by atoms with Crippen LogP contribution in [0.1, 0.15) is 27.7 Å². The third-order valence-electron chi connectivity index (χ3n) is 1.20. The van der Waals surface area contributed by atoms with Gasteiger partial charge in [-0.1, -0.05) is 11.6 Å². The van der Waals surface area contributed by atoms with Crippen molar-refractivity contribution in [2.45, 2.75) is 33.7 Å². The van der Waals surface area contributed by atoms with E-state index in [9.17, 15) is 0 Å². The van der Waals surface area contributed by atoms with Gasteiger partial charge in [0.2, 0.25) is 0 Å². The summed E-state index contributed by atoms with van der Waals surface area (Å²) in [7, 11) is 0. The topological polar surface area (TPSA) is 50.4 Å². The Morgan fingerprint density at radius 3 is 2.50 bits per heavy atom. The molecule has 0 heterocycles. The molecule has 0 aliphatic rings. The molecule has 0 rings (SSSR count). The van der Waals surface area contributed by atoms with E-state index in [0.29, 0.717) is 18.5 Å². The largest absolute Gasteiger partial charge is 0.370 e. The molecule has 70 valence electrons. The molecule has 0 saturated heterocycles. The maximum absolute atomic E-state index is 5.57. The molecule has 0 unspecified atom stereocenters. The number of rotatable bonds is 3. The van der Waals surface area contributed by atoms with E-state index in [1.165, 1.54) is 5.57 Å². The van der Waals surface area contributed by atoms with E-state index in [4.69, 9.17) is 5.73 Å². The molecule has 3 N–H and O–H groups in total. The van der Waals surface area contributed by atoms with Gasteiger partial charge in [0.1, 0.15) is 0 Å². The number of hydrogen-bond donors (Lipinski definition) is 2. The van der Waals surface area contributed by atoms with Gasteiger partial charge >= 0.3 is 0 Å². The van der Waals surface area contributed by atoms with E-state index >= 15 is 0 Å². The zero-order valence-corrected chi connectivity index (χ0v) is 8.39. The van der Waals surface area contributed by atoms with Crippen molar-refractivity contribution in [3.63, 3.8) is 0 Å². The van der Waals surface area contributed by atoms with E-state index in [0.717, 1.165) is 0 Å². The molecule has 0 aromatic rings. The lowest BCUT2D eigenvalue weighted by Crippen LogP contribution is -2.36. The van der Waals surface area contributed by atoms with Crippen LogP contribution in [0.25, 0.3) is 0 Å². The average Bonchev–Trinajstić information content (AvgIpc) is 1.84. The first-order chi connectivity index (χ1) is 5.52. The molecule has 0 aliphatic carbocycles. The highest BCUT2D eigenvalue weighted by molar-refractivity contribution is 5.78. The molecule has 0 saturated carbocycles. The third-order valence-corrected chi connectivity index (χ3v) is 1.20. The van der Waals surface area contributed by atoms with Gasteiger partial charge in [-0.25, -0.2) is 4.99 Å². The van der Waals surface area contributed by atoms with Crippen LogP contribution in [0.4, 0.5) is 0 Å². The molecule has 0 aromatic heterocycles. The SMILES string of the molecule is CC(C)=CCN=C(N)NC(C)C. The first-order valence-electron chi connectivity index (χ1n) is 4.22. The van der Waals surface area contributed by atoms with E-state index < -0.39 is 0 Å². The van der Waals surface area contributed by atoms with Crippen LogP contribution in [0, 0.1) is 0 Å². The molecule has 0 amide bonds. The fraction of sp³-hybridized carbons (Fsp3) is 0.667. The highest BCUT2D eigenvalue weighted by Crippen LogP contribution is 1.87. The Morgan fingerprint density at radius 2 is 2.08 bits per heavy atom. The van der Waals surface area contributed by atoms with Crippen molar-refractivity contribution in [1.29, 1.82) is 0 Å². The van der Waals surface area contributed by atoms with Gasteiger partial charge in [-0.3, -0.25) is 0 Å². The van der Waals surface area contributed by atoms with Gasteiger partial charge in [0, 0.05) is 6.04 Å². The third kappa shape index (κ3) is 7.12. The van der Waals surface area contributed by atoms with Crippen LogP contribution in [0.3, 0.4) is 0 Å². The summed E-state index contributed by atoms with van der Waals surface area (Å²) in [5.74, 6) is 0.516. The normalized spacial score (nSPS) is 11.6. The Morgan fingerprint density at radius 1 is 1.50 bits per heavy atom. The molecule has 0 fully saturated rings. The summed E-state index contributed by atoms with van der Waals surface area (Å²) in [5.41, 5.74) is 6.83. The first kappa shape index (κ1) is 11.0. The minimum absolute atomic E-state index is 0.348. The van der Waals surface area contributed by atoms with Crippen molar-refractivity contribution in [3.8, 4) is 0 Å². The van der Waals surface area contributed by atoms with Crippen molar-refractivity contribution in [2.75, 3.05) is 6.54 Å². The second-order valence-corrected chi connectivity index (χ2v) is 3.31. The number of nitrogens with zero attached hydrogens (tertiary/aromatic N) is 1. The Hall–Kier alpha value is -0.990. The van der Waals surface area contributed by atoms with E-state index in [-0.39, 0.29) is 0 Å². The quantitative estimate of drug-likeness (QED) is 0.380. The van der Waals surface area contributed by atoms with Crippen molar-refractivity contribution in [2.24, 2.45) is 10.7 Å². The monoisotopic (exact) mass is 169 g/mol. The first-order valence-corrected chi connectivity index (χ1v) is 4.22. The van der Waals surface area contributed by atoms with Gasteiger partial charge in [-0.15, -0.1) is 0 Å². The number of allylic oxidation sites excluding steroid dienone is 1. The van der Waals surface area contributed by atoms with Gasteiger partial charge in [-0.2, -0.15) is 0 Å². The molecule has 0 spiro atoms. The fourth-order valence-corrected chi connectivity index (χ4v) is 0.668. The van der Waals surface area contributed by atoms with Gasteiger partial charge in [0.05, 0.1) is 6.54 Å². The summed E-state index contributed by atoms with van der Waals surface area (Å²) < 4.78 is 0. The van der Waals surface area contributed by atoms with Gasteiger partial charge < -0.3 is 11.1 Å². The van der Waals surface area contributed by atoms with Crippen molar-refractivity contribution >= 4 is 5.96 Å². The molecular weight excluding hydrogens is 150 g/mol. The molecule has 0 atom stereocenters. The number of hydrogen-bond acceptors (Lipinski definition) is 1. The highest BCUT2D eigenvalue weighted by atomic mass is 15.1. The van der Waals surface area contributed by atoms with Crippen molar-refractivity contribution < 1.29 is 0 Å². The van der Waals surface area contributed by atoms with Gasteiger partial charge in [0.25, 0.3) is 0 Å². The van der Waals surface area contributed by atoms with Crippen LogP contribution < -0.4 is 11.1 Å². The second-order valence-electron chi connectivity index (χ2n) is 3.31. The van der Waals surface area contributed by atoms with E-state index in [1.807, 2.05) is 33.8 Å². The van der Waals surface area contributed by atoms with Gasteiger partial charge in [-0.05, 0) is 27.7 Å². The lowest BCUT2D eigenvalue weighted by Gasteiger charge is -2.07. The molecule has 0 bridgehead atoms. The minimum atomic E-state index is 0.348. The fourth-order valence-electron chi connectivity index (χ4n) is 0.668. The Kier molecular flexibility index (Phi) is 5.17. The summed E-state index contributed by atoms with van der Waals surface area (Å²) in [6.45, 7) is 8.81. The minimum Gasteiger partial charge on any atom is -0.370 e. The molecule has 0 aromatic carbocycles. The zero-order valence-electron chi connectivity index (χ0n) is 8.39. The Labute approximate surface area is 74.8 Å². The standard InChI is InChI=1S/C9H19N3/c1-7(2)5-6-11-9(10)12-8(3)4/h5,8H,6H2,1-4H3,(H3,10,11,12). The van der Waals surface area contributed by atoms with E-state index in [1.54, 1.807) is 0 Å². The predicted molar refractivity (Wildman–Crippen MR) is 54.2 cm³/mol. The van der Waals surface area contributed by atoms with Crippen LogP contribution in [0.15, 0.2) is 16.6 Å². The molecule has 3 heteroatoms. The molecule has 0 radical (unpaired) electrons. The molecular formula is C9H19N3. The van der Waals surface area contributed by atoms with Crippen LogP contribution >= 0.6 is 0 Å². The number of aliphatic imine (C=N–C) groups is 1. The second kappa shape index (κ2) is 5.63. The molecule has 3 nitrogen and oxygen atoms in total. The molecule has 12 heavy (non-hydrogen) atoms. The Bertz CT molecular complexity index is 176. The lowest BCUT2D eigenvalue weighted by atomic mass is 10.3. The summed E-state index contributed by atoms with van der Waals surface area (Å²) in [4.78, 5) is 4.11.